The SMILES string of the molecule is COCC(C)(N)c1ccc(C(F)(F)F)cc1. The average molecular weight is 233 g/mol. The molecule has 0 aromatic heterocycles. The first-order chi connectivity index (χ1) is 7.27. The molecule has 1 aromatic rings. The summed E-state index contributed by atoms with van der Waals surface area (Å²) in [5.74, 6) is 0. The van der Waals surface area contributed by atoms with Gasteiger partial charge in [-0.05, 0) is 24.6 Å². The highest BCUT2D eigenvalue weighted by molar-refractivity contribution is 5.29. The van der Waals surface area contributed by atoms with Crippen LogP contribution in [0.5, 0.6) is 0 Å². The van der Waals surface area contributed by atoms with Crippen LogP contribution in [0.1, 0.15) is 18.1 Å². The summed E-state index contributed by atoms with van der Waals surface area (Å²) in [6.45, 7) is 1.96. The lowest BCUT2D eigenvalue weighted by Crippen LogP contribution is -2.37. The molecule has 0 amide bonds. The number of benzene rings is 1. The van der Waals surface area contributed by atoms with E-state index in [1.807, 2.05) is 0 Å². The quantitative estimate of drug-likeness (QED) is 0.870. The van der Waals surface area contributed by atoms with E-state index >= 15 is 0 Å². The van der Waals surface area contributed by atoms with Gasteiger partial charge in [0.25, 0.3) is 0 Å². The molecule has 0 saturated heterocycles. The summed E-state index contributed by atoms with van der Waals surface area (Å²) in [6, 6.07) is 4.80. The second-order valence-corrected chi connectivity index (χ2v) is 3.93. The van der Waals surface area contributed by atoms with Crippen LogP contribution in [0.25, 0.3) is 0 Å². The number of rotatable bonds is 3. The van der Waals surface area contributed by atoms with Crippen LogP contribution in [0, 0.1) is 0 Å². The maximum absolute atomic E-state index is 12.3. The Morgan fingerprint density at radius 1 is 1.12 bits per heavy atom. The van der Waals surface area contributed by atoms with Crippen LogP contribution >= 0.6 is 0 Å². The van der Waals surface area contributed by atoms with Crippen molar-refractivity contribution in [1.82, 2.24) is 0 Å². The van der Waals surface area contributed by atoms with Crippen LogP contribution in [-0.4, -0.2) is 13.7 Å². The van der Waals surface area contributed by atoms with Crippen molar-refractivity contribution in [2.24, 2.45) is 5.73 Å². The summed E-state index contributed by atoms with van der Waals surface area (Å²) in [7, 11) is 1.50. The molecule has 0 saturated carbocycles. The lowest BCUT2D eigenvalue weighted by atomic mass is 9.93. The predicted molar refractivity (Wildman–Crippen MR) is 54.9 cm³/mol. The number of hydrogen-bond donors (Lipinski definition) is 1. The highest BCUT2D eigenvalue weighted by Gasteiger charge is 2.31. The van der Waals surface area contributed by atoms with Crippen molar-refractivity contribution in [3.8, 4) is 0 Å². The summed E-state index contributed by atoms with van der Waals surface area (Å²) < 4.78 is 41.8. The zero-order valence-corrected chi connectivity index (χ0v) is 9.14. The Kier molecular flexibility index (Phi) is 3.60. The van der Waals surface area contributed by atoms with Gasteiger partial charge in [-0.3, -0.25) is 0 Å². The average Bonchev–Trinajstić information content (AvgIpc) is 2.16. The fraction of sp³-hybridized carbons (Fsp3) is 0.455. The monoisotopic (exact) mass is 233 g/mol. The Morgan fingerprint density at radius 2 is 1.56 bits per heavy atom. The van der Waals surface area contributed by atoms with Crippen molar-refractivity contribution in [2.75, 3.05) is 13.7 Å². The van der Waals surface area contributed by atoms with Gasteiger partial charge in [0.2, 0.25) is 0 Å². The molecule has 5 heteroatoms. The lowest BCUT2D eigenvalue weighted by molar-refractivity contribution is -0.137. The van der Waals surface area contributed by atoms with E-state index in [9.17, 15) is 13.2 Å². The largest absolute Gasteiger partial charge is 0.416 e. The van der Waals surface area contributed by atoms with Crippen molar-refractivity contribution < 1.29 is 17.9 Å². The van der Waals surface area contributed by atoms with E-state index in [1.165, 1.54) is 19.2 Å². The third-order valence-corrected chi connectivity index (χ3v) is 2.32. The molecule has 1 aromatic carbocycles. The maximum Gasteiger partial charge on any atom is 0.416 e. The fourth-order valence-electron chi connectivity index (χ4n) is 1.42. The molecule has 90 valence electrons. The predicted octanol–water partition coefficient (Wildman–Crippen LogP) is 2.53. The molecule has 1 unspecified atom stereocenters. The lowest BCUT2D eigenvalue weighted by Gasteiger charge is -2.24. The Bertz CT molecular complexity index is 343. The van der Waals surface area contributed by atoms with E-state index in [2.05, 4.69) is 0 Å². The number of nitrogens with two attached hydrogens (primary N) is 1. The first-order valence-electron chi connectivity index (χ1n) is 4.73. The van der Waals surface area contributed by atoms with Crippen molar-refractivity contribution >= 4 is 0 Å². The van der Waals surface area contributed by atoms with E-state index in [4.69, 9.17) is 10.5 Å². The van der Waals surface area contributed by atoms with Gasteiger partial charge in [-0.2, -0.15) is 13.2 Å². The normalized spacial score (nSPS) is 15.9. The summed E-state index contributed by atoms with van der Waals surface area (Å²) in [6.07, 6.45) is -4.31. The van der Waals surface area contributed by atoms with Crippen LogP contribution in [-0.2, 0) is 16.5 Å². The molecule has 0 heterocycles. The van der Waals surface area contributed by atoms with Gasteiger partial charge in [-0.1, -0.05) is 12.1 Å². The van der Waals surface area contributed by atoms with E-state index in [0.717, 1.165) is 12.1 Å². The van der Waals surface area contributed by atoms with Crippen LogP contribution in [0.4, 0.5) is 13.2 Å². The minimum absolute atomic E-state index is 0.248. The maximum atomic E-state index is 12.3. The first kappa shape index (κ1) is 13.0. The number of halogens is 3. The van der Waals surface area contributed by atoms with Crippen LogP contribution in [0.2, 0.25) is 0 Å². The minimum atomic E-state index is -4.31. The number of ether oxygens (including phenoxy) is 1. The first-order valence-corrected chi connectivity index (χ1v) is 4.73. The van der Waals surface area contributed by atoms with Gasteiger partial charge in [0.05, 0.1) is 17.7 Å². The Hall–Kier alpha value is -1.07. The molecule has 0 bridgehead atoms. The van der Waals surface area contributed by atoms with Crippen LogP contribution in [0.3, 0.4) is 0 Å². The zero-order chi connectivity index (χ0) is 12.4. The van der Waals surface area contributed by atoms with Gasteiger partial charge in [-0.15, -0.1) is 0 Å². The highest BCUT2D eigenvalue weighted by atomic mass is 19.4. The summed E-state index contributed by atoms with van der Waals surface area (Å²) in [5.41, 5.74) is 5.06. The van der Waals surface area contributed by atoms with Crippen molar-refractivity contribution in [1.29, 1.82) is 0 Å². The smallest absolute Gasteiger partial charge is 0.382 e. The number of hydrogen-bond acceptors (Lipinski definition) is 2. The molecule has 0 radical (unpaired) electrons. The molecular formula is C11H14F3NO. The molecule has 0 aliphatic heterocycles. The number of alkyl halides is 3. The van der Waals surface area contributed by atoms with Crippen molar-refractivity contribution in [2.45, 2.75) is 18.6 Å². The van der Waals surface area contributed by atoms with Gasteiger partial charge in [-0.25, -0.2) is 0 Å². The highest BCUT2D eigenvalue weighted by Crippen LogP contribution is 2.30. The summed E-state index contributed by atoms with van der Waals surface area (Å²) >= 11 is 0. The van der Waals surface area contributed by atoms with Gasteiger partial charge in [0.15, 0.2) is 0 Å². The standard InChI is InChI=1S/C11H14F3NO/c1-10(15,7-16-2)8-3-5-9(6-4-8)11(12,13)14/h3-6H,7,15H2,1-2H3. The Morgan fingerprint density at radius 3 is 1.94 bits per heavy atom. The molecule has 0 aliphatic rings. The molecule has 1 atom stereocenters. The molecule has 16 heavy (non-hydrogen) atoms. The van der Waals surface area contributed by atoms with E-state index < -0.39 is 17.3 Å². The molecule has 0 fully saturated rings. The third kappa shape index (κ3) is 2.96. The van der Waals surface area contributed by atoms with Crippen LogP contribution < -0.4 is 5.73 Å². The minimum Gasteiger partial charge on any atom is -0.382 e. The fourth-order valence-corrected chi connectivity index (χ4v) is 1.42. The summed E-state index contributed by atoms with van der Waals surface area (Å²) in [4.78, 5) is 0. The Balaban J connectivity index is 2.95. The van der Waals surface area contributed by atoms with Gasteiger partial charge in [0, 0.05) is 7.11 Å². The molecule has 2 nitrogen and oxygen atoms in total. The van der Waals surface area contributed by atoms with Crippen molar-refractivity contribution in [3.63, 3.8) is 0 Å². The molecule has 0 aliphatic carbocycles. The van der Waals surface area contributed by atoms with Crippen molar-refractivity contribution in [3.05, 3.63) is 35.4 Å². The molecule has 2 N–H and O–H groups in total. The van der Waals surface area contributed by atoms with Gasteiger partial charge in [0.1, 0.15) is 0 Å². The Labute approximate surface area is 92.2 Å². The van der Waals surface area contributed by atoms with E-state index in [1.54, 1.807) is 6.92 Å². The second kappa shape index (κ2) is 4.43. The molecule has 0 spiro atoms. The summed E-state index contributed by atoms with van der Waals surface area (Å²) in [5, 5.41) is 0. The third-order valence-electron chi connectivity index (χ3n) is 2.32. The number of methoxy groups -OCH3 is 1. The van der Waals surface area contributed by atoms with E-state index in [0.29, 0.717) is 5.56 Å². The van der Waals surface area contributed by atoms with Crippen LogP contribution in [0.15, 0.2) is 24.3 Å². The molecule has 1 rings (SSSR count). The van der Waals surface area contributed by atoms with E-state index in [-0.39, 0.29) is 6.61 Å². The molecular weight excluding hydrogens is 219 g/mol. The van der Waals surface area contributed by atoms with Gasteiger partial charge < -0.3 is 10.5 Å². The zero-order valence-electron chi connectivity index (χ0n) is 9.14. The second-order valence-electron chi connectivity index (χ2n) is 3.93. The topological polar surface area (TPSA) is 35.2 Å². The van der Waals surface area contributed by atoms with Gasteiger partial charge >= 0.3 is 6.18 Å².